The summed E-state index contributed by atoms with van der Waals surface area (Å²) < 4.78 is 3.10. The number of hydrogen-bond acceptors (Lipinski definition) is 4. The summed E-state index contributed by atoms with van der Waals surface area (Å²) in [6.45, 7) is 0. The lowest BCUT2D eigenvalue weighted by Gasteiger charge is -2.03. The second-order valence-corrected chi connectivity index (χ2v) is 6.84. The number of carbonyl (C=O) groups excluding carboxylic acids is 1. The number of phenols is 1. The number of nitrogens with one attached hydrogen (secondary N) is 1. The molecule has 2 rings (SSSR count). The number of hydrazone groups is 1. The fourth-order valence-corrected chi connectivity index (χ4v) is 3.67. The molecule has 0 saturated carbocycles. The molecule has 6 nitrogen and oxygen atoms in total. The lowest BCUT2D eigenvalue weighted by molar-refractivity contribution is 0.0949. The van der Waals surface area contributed by atoms with Gasteiger partial charge in [0.2, 0.25) is 0 Å². The van der Waals surface area contributed by atoms with Crippen molar-refractivity contribution in [1.82, 2.24) is 15.2 Å². The van der Waals surface area contributed by atoms with Crippen LogP contribution in [0.1, 0.15) is 16.1 Å². The smallest absolute Gasteiger partial charge is 0.293 e. The maximum Gasteiger partial charge on any atom is 0.293 e. The number of halogens is 3. The van der Waals surface area contributed by atoms with E-state index >= 15 is 0 Å². The van der Waals surface area contributed by atoms with Gasteiger partial charge in [-0.15, -0.1) is 0 Å². The number of benzene rings is 1. The third kappa shape index (κ3) is 4.07. The molecule has 2 aromatic rings. The highest BCUT2D eigenvalue weighted by Crippen LogP contribution is 2.25. The number of aromatic hydroxyl groups is 1. The van der Waals surface area contributed by atoms with Crippen molar-refractivity contribution in [1.29, 1.82) is 0 Å². The fraction of sp³-hybridized carbons (Fsp3) is 0.0833. The minimum atomic E-state index is -0.517. The van der Waals surface area contributed by atoms with Gasteiger partial charge in [-0.25, -0.2) is 5.43 Å². The second-order valence-electron chi connectivity index (χ2n) is 4.02. The lowest BCUT2D eigenvalue weighted by atomic mass is 10.2. The van der Waals surface area contributed by atoms with Gasteiger partial charge in [0.15, 0.2) is 5.69 Å². The van der Waals surface area contributed by atoms with Crippen molar-refractivity contribution in [3.63, 3.8) is 0 Å². The summed E-state index contributed by atoms with van der Waals surface area (Å²) in [4.78, 5) is 11.8. The Kier molecular flexibility index (Phi) is 5.43. The number of aromatic nitrogens is 2. The monoisotopic (exact) mass is 530 g/mol. The molecule has 0 saturated heterocycles. The number of phenolic OH excluding ortho intramolecular Hbond substituents is 1. The molecule has 0 atom stereocenters. The summed E-state index contributed by atoms with van der Waals surface area (Å²) in [5, 5.41) is 17.9. The molecule has 0 radical (unpaired) electrons. The summed E-state index contributed by atoms with van der Waals surface area (Å²) in [7, 11) is 1.66. The van der Waals surface area contributed by atoms with E-state index < -0.39 is 5.91 Å². The Morgan fingerprint density at radius 1 is 1.52 bits per heavy atom. The predicted octanol–water partition coefficient (Wildman–Crippen LogP) is 2.75. The molecule has 110 valence electrons. The SMILES string of the molecule is Cn1cc(Cl)c(C(=O)N/N=C\c2cc(I)cc(I)c2O)n1. The molecule has 2 N–H and O–H groups in total. The van der Waals surface area contributed by atoms with E-state index in [2.05, 4.69) is 38.2 Å². The molecule has 1 amide bonds. The highest BCUT2D eigenvalue weighted by atomic mass is 127. The van der Waals surface area contributed by atoms with Crippen LogP contribution in [-0.4, -0.2) is 27.0 Å². The van der Waals surface area contributed by atoms with Crippen LogP contribution < -0.4 is 5.43 Å². The molecule has 0 spiro atoms. The molecule has 21 heavy (non-hydrogen) atoms. The molecule has 0 fully saturated rings. The summed E-state index contributed by atoms with van der Waals surface area (Å²) in [5.74, 6) is -0.401. The van der Waals surface area contributed by atoms with Crippen LogP contribution in [0.5, 0.6) is 5.75 Å². The van der Waals surface area contributed by atoms with Crippen molar-refractivity contribution in [2.45, 2.75) is 0 Å². The Morgan fingerprint density at radius 2 is 2.24 bits per heavy atom. The minimum absolute atomic E-state index is 0.0951. The molecule has 0 unspecified atom stereocenters. The number of hydrogen-bond donors (Lipinski definition) is 2. The minimum Gasteiger partial charge on any atom is -0.506 e. The van der Waals surface area contributed by atoms with Crippen LogP contribution >= 0.6 is 56.8 Å². The maximum absolute atomic E-state index is 11.8. The normalized spacial score (nSPS) is 11.0. The van der Waals surface area contributed by atoms with E-state index in [0.717, 1.165) is 3.57 Å². The van der Waals surface area contributed by atoms with Crippen LogP contribution in [0, 0.1) is 7.14 Å². The number of rotatable bonds is 3. The molecule has 1 aromatic carbocycles. The Labute approximate surface area is 152 Å². The summed E-state index contributed by atoms with van der Waals surface area (Å²) in [6, 6.07) is 3.58. The average Bonchev–Trinajstić information content (AvgIpc) is 2.74. The highest BCUT2D eigenvalue weighted by molar-refractivity contribution is 14.1. The van der Waals surface area contributed by atoms with Gasteiger partial charge in [0.25, 0.3) is 5.91 Å². The van der Waals surface area contributed by atoms with E-state index in [1.807, 2.05) is 28.7 Å². The van der Waals surface area contributed by atoms with Gasteiger partial charge in [-0.3, -0.25) is 9.48 Å². The van der Waals surface area contributed by atoms with E-state index in [1.165, 1.54) is 17.1 Å². The Hall–Kier alpha value is -0.880. The Bertz CT molecular complexity index is 730. The van der Waals surface area contributed by atoms with Gasteiger partial charge in [-0.05, 0) is 57.3 Å². The van der Waals surface area contributed by atoms with Gasteiger partial charge < -0.3 is 5.11 Å². The average molecular weight is 530 g/mol. The quantitative estimate of drug-likeness (QED) is 0.364. The fourth-order valence-electron chi connectivity index (χ4n) is 1.51. The molecule has 1 aromatic heterocycles. The topological polar surface area (TPSA) is 79.5 Å². The van der Waals surface area contributed by atoms with Crippen LogP contribution in [0.4, 0.5) is 0 Å². The van der Waals surface area contributed by atoms with Gasteiger partial charge in [-0.2, -0.15) is 10.2 Å². The van der Waals surface area contributed by atoms with Crippen LogP contribution in [0.25, 0.3) is 0 Å². The number of amides is 1. The third-order valence-corrected chi connectivity index (χ3v) is 4.15. The molecule has 0 aliphatic rings. The van der Waals surface area contributed by atoms with Crippen LogP contribution in [-0.2, 0) is 7.05 Å². The van der Waals surface area contributed by atoms with E-state index in [-0.39, 0.29) is 16.5 Å². The van der Waals surface area contributed by atoms with Crippen molar-refractivity contribution >= 4 is 68.9 Å². The molecule has 0 aliphatic carbocycles. The predicted molar refractivity (Wildman–Crippen MR) is 96.8 cm³/mol. The van der Waals surface area contributed by atoms with E-state index in [1.54, 1.807) is 13.1 Å². The third-order valence-electron chi connectivity index (χ3n) is 2.43. The first-order chi connectivity index (χ1) is 9.88. The van der Waals surface area contributed by atoms with Crippen LogP contribution in [0.15, 0.2) is 23.4 Å². The van der Waals surface area contributed by atoms with Crippen molar-refractivity contribution in [3.05, 3.63) is 41.7 Å². The van der Waals surface area contributed by atoms with Crippen LogP contribution in [0.3, 0.4) is 0 Å². The molecular formula is C12H9ClI2N4O2. The van der Waals surface area contributed by atoms with Gasteiger partial charge >= 0.3 is 0 Å². The maximum atomic E-state index is 11.8. The first kappa shape index (κ1) is 16.5. The molecule has 0 bridgehead atoms. The molecular weight excluding hydrogens is 521 g/mol. The summed E-state index contributed by atoms with van der Waals surface area (Å²) in [6.07, 6.45) is 2.89. The molecule has 1 heterocycles. The van der Waals surface area contributed by atoms with Crippen molar-refractivity contribution in [3.8, 4) is 5.75 Å². The molecule has 0 aliphatic heterocycles. The lowest BCUT2D eigenvalue weighted by Crippen LogP contribution is -2.18. The first-order valence-corrected chi connectivity index (χ1v) is 8.12. The van der Waals surface area contributed by atoms with Crippen molar-refractivity contribution < 1.29 is 9.90 Å². The van der Waals surface area contributed by atoms with Gasteiger partial charge in [0.05, 0.1) is 14.8 Å². The zero-order chi connectivity index (χ0) is 15.6. The van der Waals surface area contributed by atoms with Crippen molar-refractivity contribution in [2.24, 2.45) is 12.1 Å². The van der Waals surface area contributed by atoms with Crippen LogP contribution in [0.2, 0.25) is 5.02 Å². The number of nitrogens with zero attached hydrogens (tertiary/aromatic N) is 3. The second kappa shape index (κ2) is 6.92. The Morgan fingerprint density at radius 3 is 2.86 bits per heavy atom. The zero-order valence-corrected chi connectivity index (χ0v) is 15.7. The Balaban J connectivity index is 2.13. The number of carbonyl (C=O) groups is 1. The summed E-state index contributed by atoms with van der Waals surface area (Å²) in [5.41, 5.74) is 2.93. The molecule has 9 heteroatoms. The van der Waals surface area contributed by atoms with E-state index in [4.69, 9.17) is 11.6 Å². The first-order valence-electron chi connectivity index (χ1n) is 5.59. The zero-order valence-electron chi connectivity index (χ0n) is 10.6. The van der Waals surface area contributed by atoms with Gasteiger partial charge in [0.1, 0.15) is 5.75 Å². The standard InChI is InChI=1S/C12H9ClI2N4O2/c1-19-5-8(13)10(18-19)12(21)17-16-4-6-2-7(14)3-9(15)11(6)20/h2-5,20H,1H3,(H,17,21)/b16-4-. The largest absolute Gasteiger partial charge is 0.506 e. The van der Waals surface area contributed by atoms with Crippen molar-refractivity contribution in [2.75, 3.05) is 0 Å². The van der Waals surface area contributed by atoms with E-state index in [9.17, 15) is 9.90 Å². The number of aryl methyl sites for hydroxylation is 1. The highest BCUT2D eigenvalue weighted by Gasteiger charge is 2.13. The van der Waals surface area contributed by atoms with Gasteiger partial charge in [-0.1, -0.05) is 11.6 Å². The summed E-state index contributed by atoms with van der Waals surface area (Å²) >= 11 is 10.0. The van der Waals surface area contributed by atoms with E-state index in [0.29, 0.717) is 9.13 Å². The van der Waals surface area contributed by atoms with Gasteiger partial charge in [0, 0.05) is 22.4 Å².